The maximum atomic E-state index is 12.9. The van der Waals surface area contributed by atoms with E-state index in [4.69, 9.17) is 0 Å². The fraction of sp³-hybridized carbons (Fsp3) is 0.600. The average Bonchev–Trinajstić information content (AvgIpc) is 2.32. The van der Waals surface area contributed by atoms with Gasteiger partial charge in [-0.3, -0.25) is 4.90 Å². The molecule has 0 N–H and O–H groups in total. The maximum Gasteiger partial charge on any atom is 0.416 e. The molecule has 1 aliphatic rings. The topological polar surface area (TPSA) is 3.24 Å². The van der Waals surface area contributed by atoms with Gasteiger partial charge in [0.05, 0.1) is 5.56 Å². The second kappa shape index (κ2) is 6.42. The van der Waals surface area contributed by atoms with Crippen LogP contribution in [0.15, 0.2) is 24.3 Å². The van der Waals surface area contributed by atoms with Crippen molar-refractivity contribution in [3.8, 4) is 0 Å². The minimum Gasteiger partial charge on any atom is -0.299 e. The first-order valence-corrected chi connectivity index (χ1v) is 6.95. The molecule has 0 spiro atoms. The molecule has 1 heterocycles. The fourth-order valence-electron chi connectivity index (χ4n) is 2.65. The number of benzene rings is 1. The standard InChI is InChI=1S/C15H20F3N/c16-15(17,18)14-9-5-4-8-13(14)12-19-10-6-2-1-3-7-11-19/h4-5,8-9H,1-3,6-7,10-12H2. The Morgan fingerprint density at radius 2 is 1.47 bits per heavy atom. The van der Waals surface area contributed by atoms with Gasteiger partial charge in [-0.1, -0.05) is 37.5 Å². The van der Waals surface area contributed by atoms with E-state index in [1.807, 2.05) is 0 Å². The van der Waals surface area contributed by atoms with Crippen LogP contribution in [0.3, 0.4) is 0 Å². The van der Waals surface area contributed by atoms with Crippen LogP contribution >= 0.6 is 0 Å². The Labute approximate surface area is 112 Å². The van der Waals surface area contributed by atoms with Gasteiger partial charge in [0.25, 0.3) is 0 Å². The third kappa shape index (κ3) is 4.23. The molecule has 0 aromatic heterocycles. The van der Waals surface area contributed by atoms with E-state index >= 15 is 0 Å². The zero-order valence-corrected chi connectivity index (χ0v) is 11.0. The molecule has 0 radical (unpaired) electrons. The van der Waals surface area contributed by atoms with Crippen molar-refractivity contribution < 1.29 is 13.2 Å². The van der Waals surface area contributed by atoms with Gasteiger partial charge < -0.3 is 0 Å². The summed E-state index contributed by atoms with van der Waals surface area (Å²) in [5.74, 6) is 0. The van der Waals surface area contributed by atoms with Gasteiger partial charge in [-0.15, -0.1) is 0 Å². The van der Waals surface area contributed by atoms with Crippen molar-refractivity contribution in [3.05, 3.63) is 35.4 Å². The van der Waals surface area contributed by atoms with Crippen molar-refractivity contribution >= 4 is 0 Å². The first-order chi connectivity index (χ1) is 9.07. The predicted octanol–water partition coefficient (Wildman–Crippen LogP) is 4.47. The van der Waals surface area contributed by atoms with E-state index in [1.165, 1.54) is 31.4 Å². The highest BCUT2D eigenvalue weighted by atomic mass is 19.4. The van der Waals surface area contributed by atoms with Crippen LogP contribution in [0, 0.1) is 0 Å². The van der Waals surface area contributed by atoms with Crippen LogP contribution in [0.25, 0.3) is 0 Å². The van der Waals surface area contributed by atoms with Crippen LogP contribution < -0.4 is 0 Å². The molecule has 0 bridgehead atoms. The van der Waals surface area contributed by atoms with Crippen LogP contribution in [0.5, 0.6) is 0 Å². The molecular formula is C15H20F3N. The molecule has 0 saturated carbocycles. The summed E-state index contributed by atoms with van der Waals surface area (Å²) in [5, 5.41) is 0. The molecule has 4 heteroatoms. The van der Waals surface area contributed by atoms with Gasteiger partial charge in [0.2, 0.25) is 0 Å². The zero-order valence-electron chi connectivity index (χ0n) is 11.0. The van der Waals surface area contributed by atoms with Crippen LogP contribution in [-0.4, -0.2) is 18.0 Å². The van der Waals surface area contributed by atoms with Gasteiger partial charge in [-0.05, 0) is 37.6 Å². The van der Waals surface area contributed by atoms with E-state index < -0.39 is 11.7 Å². The molecule has 1 aromatic rings. The van der Waals surface area contributed by atoms with Crippen LogP contribution in [0.2, 0.25) is 0 Å². The molecule has 1 nitrogen and oxygen atoms in total. The highest BCUT2D eigenvalue weighted by Crippen LogP contribution is 2.32. The van der Waals surface area contributed by atoms with E-state index in [-0.39, 0.29) is 0 Å². The average molecular weight is 271 g/mol. The van der Waals surface area contributed by atoms with Gasteiger partial charge in [-0.25, -0.2) is 0 Å². The minimum absolute atomic E-state index is 0.399. The van der Waals surface area contributed by atoms with Crippen LogP contribution in [-0.2, 0) is 12.7 Å². The van der Waals surface area contributed by atoms with Crippen LogP contribution in [0.1, 0.15) is 43.2 Å². The normalized spacial score (nSPS) is 18.9. The molecule has 1 aromatic carbocycles. The van der Waals surface area contributed by atoms with Crippen molar-refractivity contribution in [3.63, 3.8) is 0 Å². The van der Waals surface area contributed by atoms with Crippen molar-refractivity contribution in [2.75, 3.05) is 13.1 Å². The molecule has 0 aliphatic carbocycles. The summed E-state index contributed by atoms with van der Waals surface area (Å²) in [6.07, 6.45) is 1.57. The minimum atomic E-state index is -4.25. The summed E-state index contributed by atoms with van der Waals surface area (Å²) in [6.45, 7) is 2.23. The summed E-state index contributed by atoms with van der Waals surface area (Å²) in [6, 6.07) is 5.93. The van der Waals surface area contributed by atoms with E-state index in [1.54, 1.807) is 12.1 Å². The summed E-state index contributed by atoms with van der Waals surface area (Å²) in [7, 11) is 0. The molecule has 0 unspecified atom stereocenters. The Bertz CT molecular complexity index is 393. The highest BCUT2D eigenvalue weighted by molar-refractivity contribution is 5.29. The van der Waals surface area contributed by atoms with E-state index in [2.05, 4.69) is 4.90 Å². The maximum absolute atomic E-state index is 12.9. The summed E-state index contributed by atoms with van der Waals surface area (Å²) < 4.78 is 38.8. The SMILES string of the molecule is FC(F)(F)c1ccccc1CN1CCCCCCC1. The molecule has 106 valence electrons. The number of halogens is 3. The van der Waals surface area contributed by atoms with E-state index in [0.717, 1.165) is 25.9 Å². The monoisotopic (exact) mass is 271 g/mol. The second-order valence-electron chi connectivity index (χ2n) is 5.20. The van der Waals surface area contributed by atoms with Gasteiger partial charge >= 0.3 is 6.18 Å². The lowest BCUT2D eigenvalue weighted by molar-refractivity contribution is -0.138. The van der Waals surface area contributed by atoms with Gasteiger partial charge in [-0.2, -0.15) is 13.2 Å². The van der Waals surface area contributed by atoms with Crippen molar-refractivity contribution in [2.24, 2.45) is 0 Å². The van der Waals surface area contributed by atoms with Gasteiger partial charge in [0.1, 0.15) is 0 Å². The lowest BCUT2D eigenvalue weighted by Gasteiger charge is -2.25. The number of rotatable bonds is 2. The zero-order chi connectivity index (χ0) is 13.7. The number of likely N-dealkylation sites (tertiary alicyclic amines) is 1. The Kier molecular flexibility index (Phi) is 4.86. The van der Waals surface area contributed by atoms with Gasteiger partial charge in [0.15, 0.2) is 0 Å². The molecule has 0 amide bonds. The molecule has 19 heavy (non-hydrogen) atoms. The van der Waals surface area contributed by atoms with Crippen molar-refractivity contribution in [1.29, 1.82) is 0 Å². The Morgan fingerprint density at radius 3 is 2.11 bits per heavy atom. The molecule has 1 saturated heterocycles. The number of nitrogens with zero attached hydrogens (tertiary/aromatic N) is 1. The molecule has 0 atom stereocenters. The molecule has 1 aliphatic heterocycles. The number of alkyl halides is 3. The van der Waals surface area contributed by atoms with E-state index in [0.29, 0.717) is 12.1 Å². The predicted molar refractivity (Wildman–Crippen MR) is 69.8 cm³/mol. The molecule has 2 rings (SSSR count). The first kappa shape index (κ1) is 14.4. The summed E-state index contributed by atoms with van der Waals surface area (Å²) in [5.41, 5.74) is -0.0902. The van der Waals surface area contributed by atoms with Gasteiger partial charge in [0, 0.05) is 6.54 Å². The molecule has 1 fully saturated rings. The lowest BCUT2D eigenvalue weighted by atomic mass is 10.0. The molecular weight excluding hydrogens is 251 g/mol. The summed E-state index contributed by atoms with van der Waals surface area (Å²) >= 11 is 0. The Balaban J connectivity index is 2.09. The van der Waals surface area contributed by atoms with Crippen molar-refractivity contribution in [2.45, 2.75) is 44.8 Å². The highest BCUT2D eigenvalue weighted by Gasteiger charge is 2.33. The smallest absolute Gasteiger partial charge is 0.299 e. The van der Waals surface area contributed by atoms with Crippen molar-refractivity contribution in [1.82, 2.24) is 4.90 Å². The first-order valence-electron chi connectivity index (χ1n) is 6.95. The Hall–Kier alpha value is -1.03. The van der Waals surface area contributed by atoms with Crippen LogP contribution in [0.4, 0.5) is 13.2 Å². The number of hydrogen-bond acceptors (Lipinski definition) is 1. The van der Waals surface area contributed by atoms with E-state index in [9.17, 15) is 13.2 Å². The Morgan fingerprint density at radius 1 is 0.895 bits per heavy atom. The fourth-order valence-corrected chi connectivity index (χ4v) is 2.65. The third-order valence-electron chi connectivity index (χ3n) is 3.67. The third-order valence-corrected chi connectivity index (χ3v) is 3.67. The largest absolute Gasteiger partial charge is 0.416 e. The quantitative estimate of drug-likeness (QED) is 0.767. The number of hydrogen-bond donors (Lipinski definition) is 0. The second-order valence-corrected chi connectivity index (χ2v) is 5.20. The lowest BCUT2D eigenvalue weighted by Crippen LogP contribution is -2.28. The summed E-state index contributed by atoms with van der Waals surface area (Å²) in [4.78, 5) is 2.16.